The van der Waals surface area contributed by atoms with Crippen LogP contribution in [0, 0.1) is 13.8 Å². The van der Waals surface area contributed by atoms with Gasteiger partial charge in [0.05, 0.1) is 5.69 Å². The molecule has 0 radical (unpaired) electrons. The van der Waals surface area contributed by atoms with Gasteiger partial charge in [0.2, 0.25) is 6.79 Å². The summed E-state index contributed by atoms with van der Waals surface area (Å²) >= 11 is 1.67. The molecule has 6 heteroatoms. The lowest BCUT2D eigenvalue weighted by molar-refractivity contribution is 0.173. The van der Waals surface area contributed by atoms with Crippen LogP contribution in [0.2, 0.25) is 0 Å². The minimum absolute atomic E-state index is 0.267. The zero-order chi connectivity index (χ0) is 14.8. The molecule has 1 aliphatic rings. The predicted molar refractivity (Wildman–Crippen MR) is 81.2 cm³/mol. The van der Waals surface area contributed by atoms with Crippen molar-refractivity contribution in [3.63, 3.8) is 0 Å². The Bertz CT molecular complexity index is 635. The van der Waals surface area contributed by atoms with Crippen molar-refractivity contribution >= 4 is 11.3 Å². The van der Waals surface area contributed by atoms with Crippen molar-refractivity contribution in [3.8, 4) is 17.2 Å². The molecule has 0 aliphatic carbocycles. The third-order valence-electron chi connectivity index (χ3n) is 3.35. The Labute approximate surface area is 127 Å². The molecular weight excluding hydrogens is 288 g/mol. The van der Waals surface area contributed by atoms with Crippen LogP contribution in [0.4, 0.5) is 0 Å². The maximum atomic E-state index is 5.94. The summed E-state index contributed by atoms with van der Waals surface area (Å²) in [6, 6.07) is 3.86. The molecule has 3 rings (SSSR count). The highest BCUT2D eigenvalue weighted by Crippen LogP contribution is 2.38. The third-order valence-corrected chi connectivity index (χ3v) is 4.39. The van der Waals surface area contributed by atoms with Gasteiger partial charge in [-0.2, -0.15) is 0 Å². The highest BCUT2D eigenvalue weighted by atomic mass is 32.1. The highest BCUT2D eigenvalue weighted by molar-refractivity contribution is 7.11. The zero-order valence-electron chi connectivity index (χ0n) is 12.4. The van der Waals surface area contributed by atoms with Crippen molar-refractivity contribution in [2.45, 2.75) is 27.0 Å². The number of ether oxygens (including phenoxy) is 3. The van der Waals surface area contributed by atoms with E-state index >= 15 is 0 Å². The lowest BCUT2D eigenvalue weighted by Gasteiger charge is -2.11. The van der Waals surface area contributed by atoms with Crippen LogP contribution in [0.25, 0.3) is 0 Å². The molecule has 5 nitrogen and oxygen atoms in total. The molecule has 21 heavy (non-hydrogen) atoms. The van der Waals surface area contributed by atoms with E-state index in [0.29, 0.717) is 13.2 Å². The number of aromatic nitrogens is 1. The molecule has 0 bridgehead atoms. The van der Waals surface area contributed by atoms with Crippen molar-refractivity contribution in [2.75, 3.05) is 13.8 Å². The fraction of sp³-hybridized carbons (Fsp3) is 0.400. The first kappa shape index (κ1) is 14.2. The SMILES string of the molecule is CNCc1cc2c(cc1OCc1nc(C)c(C)s1)OCO2. The average Bonchev–Trinajstić information content (AvgIpc) is 3.03. The van der Waals surface area contributed by atoms with Gasteiger partial charge in [0.15, 0.2) is 11.5 Å². The molecule has 2 heterocycles. The third kappa shape index (κ3) is 2.96. The summed E-state index contributed by atoms with van der Waals surface area (Å²) in [6.07, 6.45) is 0. The number of hydrogen-bond acceptors (Lipinski definition) is 6. The predicted octanol–water partition coefficient (Wildman–Crippen LogP) is 2.79. The summed E-state index contributed by atoms with van der Waals surface area (Å²) in [5.41, 5.74) is 2.12. The first-order chi connectivity index (χ1) is 10.2. The van der Waals surface area contributed by atoms with Crippen molar-refractivity contribution in [3.05, 3.63) is 33.3 Å². The maximum Gasteiger partial charge on any atom is 0.231 e. The summed E-state index contributed by atoms with van der Waals surface area (Å²) in [6.45, 7) is 5.53. The van der Waals surface area contributed by atoms with E-state index in [1.807, 2.05) is 26.1 Å². The van der Waals surface area contributed by atoms with Gasteiger partial charge in [-0.25, -0.2) is 4.98 Å². The molecule has 0 saturated heterocycles. The van der Waals surface area contributed by atoms with Gasteiger partial charge in [0, 0.05) is 23.1 Å². The normalized spacial score (nSPS) is 12.7. The first-order valence-electron chi connectivity index (χ1n) is 6.80. The Hall–Kier alpha value is -1.79. The topological polar surface area (TPSA) is 52.6 Å². The van der Waals surface area contributed by atoms with Crippen LogP contribution in [-0.4, -0.2) is 18.8 Å². The Morgan fingerprint density at radius 1 is 1.29 bits per heavy atom. The first-order valence-corrected chi connectivity index (χ1v) is 7.62. The molecule has 1 N–H and O–H groups in total. The molecular formula is C15H18N2O3S. The van der Waals surface area contributed by atoms with Crippen molar-refractivity contribution in [2.24, 2.45) is 0 Å². The van der Waals surface area contributed by atoms with E-state index in [-0.39, 0.29) is 6.79 Å². The number of hydrogen-bond donors (Lipinski definition) is 1. The quantitative estimate of drug-likeness (QED) is 0.920. The van der Waals surface area contributed by atoms with Crippen LogP contribution in [0.1, 0.15) is 21.1 Å². The van der Waals surface area contributed by atoms with Gasteiger partial charge in [-0.1, -0.05) is 0 Å². The largest absolute Gasteiger partial charge is 0.486 e. The van der Waals surface area contributed by atoms with Crippen molar-refractivity contribution < 1.29 is 14.2 Å². The van der Waals surface area contributed by atoms with Crippen LogP contribution >= 0.6 is 11.3 Å². The fourth-order valence-electron chi connectivity index (χ4n) is 2.17. The molecule has 2 aromatic rings. The number of rotatable bonds is 5. The molecule has 0 spiro atoms. The summed E-state index contributed by atoms with van der Waals surface area (Å²) in [4.78, 5) is 5.73. The van der Waals surface area contributed by atoms with E-state index in [0.717, 1.165) is 33.5 Å². The molecule has 1 aromatic heterocycles. The smallest absolute Gasteiger partial charge is 0.231 e. The number of aryl methyl sites for hydroxylation is 2. The van der Waals surface area contributed by atoms with E-state index in [1.54, 1.807) is 11.3 Å². The van der Waals surface area contributed by atoms with Gasteiger partial charge in [-0.3, -0.25) is 0 Å². The molecule has 0 unspecified atom stereocenters. The Morgan fingerprint density at radius 2 is 2.05 bits per heavy atom. The fourth-order valence-corrected chi connectivity index (χ4v) is 3.02. The summed E-state index contributed by atoms with van der Waals surface area (Å²) < 4.78 is 16.8. The van der Waals surface area contributed by atoms with Gasteiger partial charge in [-0.05, 0) is 27.0 Å². The minimum Gasteiger partial charge on any atom is -0.486 e. The molecule has 1 aliphatic heterocycles. The van der Waals surface area contributed by atoms with E-state index in [1.165, 1.54) is 4.88 Å². The van der Waals surface area contributed by atoms with Gasteiger partial charge in [-0.15, -0.1) is 11.3 Å². The number of thiazole rings is 1. The minimum atomic E-state index is 0.267. The lowest BCUT2D eigenvalue weighted by atomic mass is 10.1. The number of nitrogens with one attached hydrogen (secondary N) is 1. The Kier molecular flexibility index (Phi) is 3.98. The van der Waals surface area contributed by atoms with Crippen LogP contribution in [0.3, 0.4) is 0 Å². The number of nitrogens with zero attached hydrogens (tertiary/aromatic N) is 1. The maximum absolute atomic E-state index is 5.94. The number of fused-ring (bicyclic) bond motifs is 1. The molecule has 0 atom stereocenters. The van der Waals surface area contributed by atoms with E-state index in [4.69, 9.17) is 14.2 Å². The summed E-state index contributed by atoms with van der Waals surface area (Å²) in [5.74, 6) is 2.31. The van der Waals surface area contributed by atoms with Gasteiger partial charge in [0.25, 0.3) is 0 Å². The second kappa shape index (κ2) is 5.91. The van der Waals surface area contributed by atoms with E-state index < -0.39 is 0 Å². The number of benzene rings is 1. The Morgan fingerprint density at radius 3 is 2.71 bits per heavy atom. The molecule has 0 fully saturated rings. The van der Waals surface area contributed by atoms with Crippen LogP contribution < -0.4 is 19.5 Å². The van der Waals surface area contributed by atoms with Crippen LogP contribution in [0.15, 0.2) is 12.1 Å². The van der Waals surface area contributed by atoms with E-state index in [2.05, 4.69) is 17.2 Å². The summed E-state index contributed by atoms with van der Waals surface area (Å²) in [5, 5.41) is 4.12. The van der Waals surface area contributed by atoms with Crippen molar-refractivity contribution in [1.29, 1.82) is 0 Å². The van der Waals surface area contributed by atoms with E-state index in [9.17, 15) is 0 Å². The second-order valence-electron chi connectivity index (χ2n) is 4.88. The monoisotopic (exact) mass is 306 g/mol. The molecule has 0 amide bonds. The molecule has 0 saturated carbocycles. The van der Waals surface area contributed by atoms with Gasteiger partial charge >= 0.3 is 0 Å². The van der Waals surface area contributed by atoms with Gasteiger partial charge in [0.1, 0.15) is 17.4 Å². The second-order valence-corrected chi connectivity index (χ2v) is 6.17. The summed E-state index contributed by atoms with van der Waals surface area (Å²) in [7, 11) is 1.90. The van der Waals surface area contributed by atoms with Crippen LogP contribution in [0.5, 0.6) is 17.2 Å². The van der Waals surface area contributed by atoms with Crippen LogP contribution in [-0.2, 0) is 13.2 Å². The standard InChI is InChI=1S/C15H18N2O3S/c1-9-10(2)21-15(17-9)7-18-12-5-14-13(19-8-20-14)4-11(12)6-16-3/h4-5,16H,6-8H2,1-3H3. The molecule has 1 aromatic carbocycles. The average molecular weight is 306 g/mol. The van der Waals surface area contributed by atoms with Gasteiger partial charge < -0.3 is 19.5 Å². The highest BCUT2D eigenvalue weighted by Gasteiger charge is 2.18. The Balaban J connectivity index is 1.80. The lowest BCUT2D eigenvalue weighted by Crippen LogP contribution is -2.07. The van der Waals surface area contributed by atoms with Crippen molar-refractivity contribution in [1.82, 2.24) is 10.3 Å². The molecule has 112 valence electrons. The zero-order valence-corrected chi connectivity index (χ0v) is 13.2.